The highest BCUT2D eigenvalue weighted by atomic mass is 15.1. The Morgan fingerprint density at radius 2 is 0.738 bits per heavy atom. The first-order chi connectivity index (χ1) is 30.3. The van der Waals surface area contributed by atoms with Crippen LogP contribution >= 0.6 is 0 Å². The third-order valence-electron chi connectivity index (χ3n) is 12.8. The van der Waals surface area contributed by atoms with E-state index in [1.807, 2.05) is 0 Å². The van der Waals surface area contributed by atoms with E-state index in [1.54, 1.807) is 0 Å². The van der Waals surface area contributed by atoms with Gasteiger partial charge in [-0.2, -0.15) is 0 Å². The van der Waals surface area contributed by atoms with E-state index in [4.69, 9.17) is 9.97 Å². The lowest BCUT2D eigenvalue weighted by Crippen LogP contribution is -2.02. The summed E-state index contributed by atoms with van der Waals surface area (Å²) < 4.78 is 2.38. The molecule has 282 valence electrons. The van der Waals surface area contributed by atoms with Gasteiger partial charge in [0.15, 0.2) is 0 Å². The van der Waals surface area contributed by atoms with Crippen LogP contribution in [0.15, 0.2) is 212 Å². The molecule has 0 radical (unpaired) electrons. The zero-order chi connectivity index (χ0) is 40.0. The van der Waals surface area contributed by atoms with Gasteiger partial charge in [-0.15, -0.1) is 0 Å². The maximum absolute atomic E-state index is 5.64. The minimum atomic E-state index is 0.876. The first-order valence-corrected chi connectivity index (χ1v) is 20.9. The van der Waals surface area contributed by atoms with Crippen LogP contribution in [0.1, 0.15) is 0 Å². The highest BCUT2D eigenvalue weighted by molar-refractivity contribution is 6.25. The second kappa shape index (κ2) is 13.2. The summed E-state index contributed by atoms with van der Waals surface area (Å²) in [6.45, 7) is 0. The highest BCUT2D eigenvalue weighted by Crippen LogP contribution is 2.44. The van der Waals surface area contributed by atoms with Gasteiger partial charge in [0.1, 0.15) is 5.82 Å². The molecule has 3 heteroatoms. The van der Waals surface area contributed by atoms with Crippen LogP contribution in [0.5, 0.6) is 0 Å². The fourth-order valence-corrected chi connectivity index (χ4v) is 10.1. The van der Waals surface area contributed by atoms with Gasteiger partial charge < -0.3 is 0 Å². The largest absolute Gasteiger partial charge is 0.289 e. The van der Waals surface area contributed by atoms with Crippen molar-refractivity contribution in [3.05, 3.63) is 212 Å². The SMILES string of the molecule is c1ccc2c(-c3ccc(-c4nc5c6ccccc6c6ccccc6c5n4-c4cnc(-c5c6ccccc6cc6ccccc56)c5ccccc45)cc3)c3ccccc3cc2c1. The monoisotopic (exact) mass is 773 g/mol. The molecule has 0 bridgehead atoms. The maximum atomic E-state index is 5.64. The number of pyridine rings is 1. The average molecular weight is 774 g/mol. The third-order valence-corrected chi connectivity index (χ3v) is 12.8. The van der Waals surface area contributed by atoms with Crippen molar-refractivity contribution >= 4 is 86.4 Å². The molecule has 2 heterocycles. The van der Waals surface area contributed by atoms with Gasteiger partial charge in [0.05, 0.1) is 28.6 Å². The van der Waals surface area contributed by atoms with Gasteiger partial charge in [0, 0.05) is 32.7 Å². The van der Waals surface area contributed by atoms with E-state index in [2.05, 4.69) is 217 Å². The van der Waals surface area contributed by atoms with E-state index in [9.17, 15) is 0 Å². The molecule has 3 nitrogen and oxygen atoms in total. The Labute approximate surface area is 351 Å². The Morgan fingerprint density at radius 3 is 1.30 bits per heavy atom. The highest BCUT2D eigenvalue weighted by Gasteiger charge is 2.24. The lowest BCUT2D eigenvalue weighted by atomic mass is 9.91. The van der Waals surface area contributed by atoms with Crippen LogP contribution in [0.3, 0.4) is 0 Å². The minimum Gasteiger partial charge on any atom is -0.289 e. The Hall–Kier alpha value is -8.14. The van der Waals surface area contributed by atoms with Crippen molar-refractivity contribution in [2.75, 3.05) is 0 Å². The predicted molar refractivity (Wildman–Crippen MR) is 258 cm³/mol. The summed E-state index contributed by atoms with van der Waals surface area (Å²) in [5.74, 6) is 0.876. The number of nitrogens with zero attached hydrogens (tertiary/aromatic N) is 3. The summed E-state index contributed by atoms with van der Waals surface area (Å²) in [5.41, 5.74) is 8.62. The lowest BCUT2D eigenvalue weighted by Gasteiger charge is -2.18. The molecule has 0 spiro atoms. The van der Waals surface area contributed by atoms with Crippen molar-refractivity contribution in [1.82, 2.24) is 14.5 Å². The van der Waals surface area contributed by atoms with E-state index >= 15 is 0 Å². The molecule has 11 aromatic carbocycles. The van der Waals surface area contributed by atoms with E-state index in [1.165, 1.54) is 65.0 Å². The Bertz CT molecular complexity index is 3820. The van der Waals surface area contributed by atoms with Crippen LogP contribution < -0.4 is 0 Å². The van der Waals surface area contributed by atoms with Crippen LogP contribution in [0.2, 0.25) is 0 Å². The quantitative estimate of drug-likeness (QED) is 0.132. The predicted octanol–water partition coefficient (Wildman–Crippen LogP) is 15.5. The zero-order valence-corrected chi connectivity index (χ0v) is 33.0. The van der Waals surface area contributed by atoms with E-state index in [0.717, 1.165) is 60.9 Å². The van der Waals surface area contributed by atoms with Crippen LogP contribution in [-0.4, -0.2) is 14.5 Å². The summed E-state index contributed by atoms with van der Waals surface area (Å²) in [4.78, 5) is 11.1. The molecule has 0 aliphatic heterocycles. The molecular weight excluding hydrogens is 739 g/mol. The van der Waals surface area contributed by atoms with Crippen LogP contribution in [-0.2, 0) is 0 Å². The molecule has 0 amide bonds. The van der Waals surface area contributed by atoms with Crippen LogP contribution in [0, 0.1) is 0 Å². The lowest BCUT2D eigenvalue weighted by molar-refractivity contribution is 1.10. The number of imidazole rings is 1. The van der Waals surface area contributed by atoms with Gasteiger partial charge in [-0.3, -0.25) is 9.55 Å². The summed E-state index contributed by atoms with van der Waals surface area (Å²) >= 11 is 0. The number of benzene rings is 11. The van der Waals surface area contributed by atoms with Crippen LogP contribution in [0.25, 0.3) is 126 Å². The van der Waals surface area contributed by atoms with Gasteiger partial charge in [-0.05, 0) is 77.1 Å². The molecule has 61 heavy (non-hydrogen) atoms. The molecule has 0 fully saturated rings. The van der Waals surface area contributed by atoms with E-state index in [-0.39, 0.29) is 0 Å². The minimum absolute atomic E-state index is 0.876. The molecule has 2 aromatic heterocycles. The fraction of sp³-hybridized carbons (Fsp3) is 0. The van der Waals surface area contributed by atoms with Crippen molar-refractivity contribution in [3.8, 4) is 39.5 Å². The fourth-order valence-electron chi connectivity index (χ4n) is 10.1. The standard InChI is InChI=1S/C58H35N3/c1-5-19-42-38(15-1)33-39-16-2-6-20-43(39)53(42)36-29-31-37(32-30-36)58-60-56-49-26-12-9-23-46(49)47-24-10-14-28-51(47)57(56)61(58)52-35-59-55(50-27-13-11-25-48(50)52)54-44-21-7-3-17-40(44)34-41-18-4-8-22-45(41)54/h1-35H. The first kappa shape index (κ1) is 33.8. The summed E-state index contributed by atoms with van der Waals surface area (Å²) in [7, 11) is 0. The molecule has 0 unspecified atom stereocenters. The normalized spacial score (nSPS) is 11.9. The maximum Gasteiger partial charge on any atom is 0.145 e. The Balaban J connectivity index is 1.11. The molecule has 13 aromatic rings. The number of rotatable bonds is 4. The topological polar surface area (TPSA) is 30.7 Å². The van der Waals surface area contributed by atoms with E-state index < -0.39 is 0 Å². The van der Waals surface area contributed by atoms with Crippen LogP contribution in [0.4, 0.5) is 0 Å². The van der Waals surface area contributed by atoms with Crippen molar-refractivity contribution < 1.29 is 0 Å². The molecule has 13 rings (SSSR count). The van der Waals surface area contributed by atoms with Crippen molar-refractivity contribution in [2.24, 2.45) is 0 Å². The first-order valence-electron chi connectivity index (χ1n) is 20.9. The average Bonchev–Trinajstić information content (AvgIpc) is 3.73. The number of fused-ring (bicyclic) bond motifs is 11. The molecule has 0 saturated heterocycles. The Kier molecular flexibility index (Phi) is 7.31. The van der Waals surface area contributed by atoms with Gasteiger partial charge >= 0.3 is 0 Å². The zero-order valence-electron chi connectivity index (χ0n) is 33.0. The number of hydrogen-bond donors (Lipinski definition) is 0. The van der Waals surface area contributed by atoms with Gasteiger partial charge in [-0.1, -0.05) is 194 Å². The van der Waals surface area contributed by atoms with Crippen molar-refractivity contribution in [2.45, 2.75) is 0 Å². The second-order valence-electron chi connectivity index (χ2n) is 16.1. The van der Waals surface area contributed by atoms with Crippen molar-refractivity contribution in [3.63, 3.8) is 0 Å². The second-order valence-corrected chi connectivity index (χ2v) is 16.1. The third kappa shape index (κ3) is 5.04. The molecule has 0 atom stereocenters. The molecule has 0 saturated carbocycles. The van der Waals surface area contributed by atoms with Gasteiger partial charge in [0.2, 0.25) is 0 Å². The van der Waals surface area contributed by atoms with Gasteiger partial charge in [-0.25, -0.2) is 4.98 Å². The smallest absolute Gasteiger partial charge is 0.145 e. The number of aromatic nitrogens is 3. The van der Waals surface area contributed by atoms with Gasteiger partial charge in [0.25, 0.3) is 0 Å². The van der Waals surface area contributed by atoms with E-state index in [0.29, 0.717) is 0 Å². The number of hydrogen-bond acceptors (Lipinski definition) is 2. The molecule has 0 N–H and O–H groups in total. The van der Waals surface area contributed by atoms with Crippen molar-refractivity contribution in [1.29, 1.82) is 0 Å². The molecule has 0 aliphatic carbocycles. The summed E-state index contributed by atoms with van der Waals surface area (Å²) in [6.07, 6.45) is 2.08. The molecule has 0 aliphatic rings. The summed E-state index contributed by atoms with van der Waals surface area (Å²) in [5, 5.41) is 16.6. The molecular formula is C58H35N3. The summed E-state index contributed by atoms with van der Waals surface area (Å²) in [6, 6.07) is 74.6. The Morgan fingerprint density at radius 1 is 0.328 bits per heavy atom.